The van der Waals surface area contributed by atoms with E-state index in [1.54, 1.807) is 49.4 Å². The molecule has 154 valence electrons. The zero-order valence-electron chi connectivity index (χ0n) is 16.9. The lowest BCUT2D eigenvalue weighted by atomic mass is 10.2. The Kier molecular flexibility index (Phi) is 8.02. The Bertz CT molecular complexity index is 878. The molecule has 2 aromatic carbocycles. The van der Waals surface area contributed by atoms with Crippen molar-refractivity contribution in [3.8, 4) is 17.2 Å². The molecule has 0 unspecified atom stereocenters. The number of carbonyl (C=O) groups excluding carboxylic acids is 2. The van der Waals surface area contributed by atoms with Crippen LogP contribution in [0.25, 0.3) is 0 Å². The number of nitrogens with one attached hydrogen (secondary N) is 2. The number of anilines is 1. The highest BCUT2D eigenvalue weighted by atomic mass is 16.5. The number of nitrogens with zero attached hydrogens (tertiary/aromatic N) is 1. The molecule has 0 aliphatic heterocycles. The molecule has 0 bridgehead atoms. The topological polar surface area (TPSA) is 98.2 Å². The SMILES string of the molecule is CCOc1ccc(NC(=O)C/C(C)=N/NC(=O)c2ccc(OC)c(OC)c2)cc1. The van der Waals surface area contributed by atoms with Gasteiger partial charge < -0.3 is 19.5 Å². The van der Waals surface area contributed by atoms with Gasteiger partial charge in [0.2, 0.25) is 5.91 Å². The fourth-order valence-electron chi connectivity index (χ4n) is 2.47. The second-order valence-electron chi connectivity index (χ2n) is 6.04. The van der Waals surface area contributed by atoms with Crippen LogP contribution in [0.1, 0.15) is 30.6 Å². The summed E-state index contributed by atoms with van der Waals surface area (Å²) < 4.78 is 15.7. The average Bonchev–Trinajstić information content (AvgIpc) is 2.73. The van der Waals surface area contributed by atoms with Crippen molar-refractivity contribution < 1.29 is 23.8 Å². The first-order valence-electron chi connectivity index (χ1n) is 9.05. The summed E-state index contributed by atoms with van der Waals surface area (Å²) in [4.78, 5) is 24.4. The molecule has 0 saturated carbocycles. The normalized spacial score (nSPS) is 10.8. The molecule has 8 nitrogen and oxygen atoms in total. The Morgan fingerprint density at radius 1 is 1.00 bits per heavy atom. The second-order valence-corrected chi connectivity index (χ2v) is 6.04. The van der Waals surface area contributed by atoms with Crippen LogP contribution < -0.4 is 25.0 Å². The highest BCUT2D eigenvalue weighted by molar-refractivity contribution is 6.06. The van der Waals surface area contributed by atoms with Crippen molar-refractivity contribution in [1.29, 1.82) is 0 Å². The van der Waals surface area contributed by atoms with Crippen molar-refractivity contribution in [3.63, 3.8) is 0 Å². The third kappa shape index (κ3) is 6.53. The van der Waals surface area contributed by atoms with Gasteiger partial charge in [-0.15, -0.1) is 0 Å². The van der Waals surface area contributed by atoms with Crippen LogP contribution in [0, 0.1) is 0 Å². The lowest BCUT2D eigenvalue weighted by Gasteiger charge is -2.09. The Balaban J connectivity index is 1.90. The van der Waals surface area contributed by atoms with Crippen LogP contribution in [0.3, 0.4) is 0 Å². The van der Waals surface area contributed by atoms with Crippen molar-refractivity contribution >= 4 is 23.2 Å². The van der Waals surface area contributed by atoms with Gasteiger partial charge in [-0.1, -0.05) is 0 Å². The van der Waals surface area contributed by atoms with E-state index in [4.69, 9.17) is 14.2 Å². The number of rotatable bonds is 9. The maximum absolute atomic E-state index is 12.3. The maximum Gasteiger partial charge on any atom is 0.271 e. The molecule has 29 heavy (non-hydrogen) atoms. The zero-order valence-corrected chi connectivity index (χ0v) is 16.9. The van der Waals surface area contributed by atoms with Crippen LogP contribution in [0.15, 0.2) is 47.6 Å². The quantitative estimate of drug-likeness (QED) is 0.498. The van der Waals surface area contributed by atoms with E-state index in [0.717, 1.165) is 5.75 Å². The van der Waals surface area contributed by atoms with Crippen LogP contribution in [-0.2, 0) is 4.79 Å². The van der Waals surface area contributed by atoms with Gasteiger partial charge in [-0.05, 0) is 56.3 Å². The average molecular weight is 399 g/mol. The number of carbonyl (C=O) groups is 2. The molecule has 0 heterocycles. The molecule has 0 aliphatic rings. The fourth-order valence-corrected chi connectivity index (χ4v) is 2.47. The molecule has 2 amide bonds. The van der Waals surface area contributed by atoms with E-state index in [1.165, 1.54) is 14.2 Å². The molecule has 8 heteroatoms. The predicted octanol–water partition coefficient (Wildman–Crippen LogP) is 3.24. The molecule has 0 aromatic heterocycles. The third-order valence-electron chi connectivity index (χ3n) is 3.86. The minimum atomic E-state index is -0.419. The largest absolute Gasteiger partial charge is 0.494 e. The first-order valence-corrected chi connectivity index (χ1v) is 9.05. The van der Waals surface area contributed by atoms with Gasteiger partial charge in [-0.2, -0.15) is 5.10 Å². The van der Waals surface area contributed by atoms with E-state index in [9.17, 15) is 9.59 Å². The van der Waals surface area contributed by atoms with Gasteiger partial charge in [-0.3, -0.25) is 9.59 Å². The monoisotopic (exact) mass is 399 g/mol. The lowest BCUT2D eigenvalue weighted by Crippen LogP contribution is -2.21. The van der Waals surface area contributed by atoms with Crippen LogP contribution in [0.5, 0.6) is 17.2 Å². The minimum absolute atomic E-state index is 0.0411. The molecule has 0 saturated heterocycles. The Morgan fingerprint density at radius 3 is 2.31 bits per heavy atom. The number of hydrogen-bond donors (Lipinski definition) is 2. The Morgan fingerprint density at radius 2 is 1.69 bits per heavy atom. The summed E-state index contributed by atoms with van der Waals surface area (Å²) in [6.07, 6.45) is 0.0411. The van der Waals surface area contributed by atoms with Crippen molar-refractivity contribution in [1.82, 2.24) is 5.43 Å². The Hall–Kier alpha value is -3.55. The van der Waals surface area contributed by atoms with Gasteiger partial charge in [0.15, 0.2) is 11.5 Å². The Labute approximate surface area is 169 Å². The molecule has 0 fully saturated rings. The van der Waals surface area contributed by atoms with E-state index in [-0.39, 0.29) is 12.3 Å². The zero-order chi connectivity index (χ0) is 21.2. The maximum atomic E-state index is 12.3. The van der Waals surface area contributed by atoms with Crippen molar-refractivity contribution in [3.05, 3.63) is 48.0 Å². The summed E-state index contributed by atoms with van der Waals surface area (Å²) in [5, 5.41) is 6.75. The summed E-state index contributed by atoms with van der Waals surface area (Å²) in [6, 6.07) is 11.9. The molecule has 0 atom stereocenters. The lowest BCUT2D eigenvalue weighted by molar-refractivity contribution is -0.115. The summed E-state index contributed by atoms with van der Waals surface area (Å²) in [5.74, 6) is 1.04. The van der Waals surface area contributed by atoms with Crippen LogP contribution in [-0.4, -0.2) is 38.4 Å². The highest BCUT2D eigenvalue weighted by Gasteiger charge is 2.11. The minimum Gasteiger partial charge on any atom is -0.494 e. The number of benzene rings is 2. The van der Waals surface area contributed by atoms with Crippen molar-refractivity contribution in [2.75, 3.05) is 26.1 Å². The highest BCUT2D eigenvalue weighted by Crippen LogP contribution is 2.27. The van der Waals surface area contributed by atoms with E-state index >= 15 is 0 Å². The van der Waals surface area contributed by atoms with E-state index in [2.05, 4.69) is 15.8 Å². The van der Waals surface area contributed by atoms with Gasteiger partial charge in [0.25, 0.3) is 5.91 Å². The molecule has 0 radical (unpaired) electrons. The summed E-state index contributed by atoms with van der Waals surface area (Å²) >= 11 is 0. The number of ether oxygens (including phenoxy) is 3. The summed E-state index contributed by atoms with van der Waals surface area (Å²) in [5.41, 5.74) is 3.91. The van der Waals surface area contributed by atoms with Crippen molar-refractivity contribution in [2.24, 2.45) is 5.10 Å². The number of amides is 2. The molecule has 0 spiro atoms. The van der Waals surface area contributed by atoms with E-state index < -0.39 is 5.91 Å². The molecule has 0 aliphatic carbocycles. The standard InChI is InChI=1S/C21H25N3O5/c1-5-29-17-9-7-16(8-10-17)22-20(25)12-14(2)23-24-21(26)15-6-11-18(27-3)19(13-15)28-4/h6-11,13H,5,12H2,1-4H3,(H,22,25)(H,24,26)/b23-14+. The molecule has 2 N–H and O–H groups in total. The number of methoxy groups -OCH3 is 2. The third-order valence-corrected chi connectivity index (χ3v) is 3.86. The molecular weight excluding hydrogens is 374 g/mol. The van der Waals surface area contributed by atoms with Gasteiger partial charge in [-0.25, -0.2) is 5.43 Å². The van der Waals surface area contributed by atoms with Gasteiger partial charge in [0, 0.05) is 17.0 Å². The number of hydrazone groups is 1. The first kappa shape index (κ1) is 21.7. The predicted molar refractivity (Wildman–Crippen MR) is 111 cm³/mol. The molecule has 2 aromatic rings. The van der Waals surface area contributed by atoms with E-state index in [1.807, 2.05) is 6.92 Å². The molecule has 2 rings (SSSR count). The number of hydrogen-bond acceptors (Lipinski definition) is 6. The van der Waals surface area contributed by atoms with Gasteiger partial charge >= 0.3 is 0 Å². The van der Waals surface area contributed by atoms with Gasteiger partial charge in [0.05, 0.1) is 27.2 Å². The van der Waals surface area contributed by atoms with Gasteiger partial charge in [0.1, 0.15) is 5.75 Å². The van der Waals surface area contributed by atoms with Crippen molar-refractivity contribution in [2.45, 2.75) is 20.3 Å². The fraction of sp³-hybridized carbons (Fsp3) is 0.286. The first-order chi connectivity index (χ1) is 14.0. The second kappa shape index (κ2) is 10.7. The smallest absolute Gasteiger partial charge is 0.271 e. The van der Waals surface area contributed by atoms with Crippen LogP contribution in [0.4, 0.5) is 5.69 Å². The van der Waals surface area contributed by atoms with Crippen LogP contribution >= 0.6 is 0 Å². The summed E-state index contributed by atoms with van der Waals surface area (Å²) in [6.45, 7) is 4.14. The van der Waals surface area contributed by atoms with E-state index in [0.29, 0.717) is 35.1 Å². The molecular formula is C21H25N3O5. The summed E-state index contributed by atoms with van der Waals surface area (Å²) in [7, 11) is 3.01. The van der Waals surface area contributed by atoms with Crippen LogP contribution in [0.2, 0.25) is 0 Å².